The van der Waals surface area contributed by atoms with Gasteiger partial charge in [-0.2, -0.15) is 0 Å². The lowest BCUT2D eigenvalue weighted by molar-refractivity contribution is -0.118. The monoisotopic (exact) mass is 428 g/mol. The number of benzene rings is 2. The molecule has 0 atom stereocenters. The van der Waals surface area contributed by atoms with Gasteiger partial charge in [0.25, 0.3) is 10.0 Å². The Labute approximate surface area is 174 Å². The highest BCUT2D eigenvalue weighted by atomic mass is 32.2. The molecule has 0 spiro atoms. The fraction of sp³-hybridized carbons (Fsp3) is 0.273. The number of anilines is 1. The van der Waals surface area contributed by atoms with Crippen molar-refractivity contribution in [3.05, 3.63) is 76.9 Å². The molecule has 0 unspecified atom stereocenters. The molecule has 0 radical (unpaired) electrons. The summed E-state index contributed by atoms with van der Waals surface area (Å²) in [6.45, 7) is 2.12. The Morgan fingerprint density at radius 3 is 2.60 bits per heavy atom. The molecule has 0 amide bonds. The minimum absolute atomic E-state index is 0.0407. The minimum atomic E-state index is -3.82. The van der Waals surface area contributed by atoms with Crippen LogP contribution in [0, 0.1) is 12.7 Å². The van der Waals surface area contributed by atoms with Crippen LogP contribution in [0.15, 0.2) is 57.9 Å². The van der Waals surface area contributed by atoms with E-state index in [2.05, 4.69) is 5.16 Å². The molecule has 0 saturated heterocycles. The fourth-order valence-electron chi connectivity index (χ4n) is 3.66. The molecule has 156 valence electrons. The Morgan fingerprint density at radius 1 is 1.13 bits per heavy atom. The van der Waals surface area contributed by atoms with Crippen molar-refractivity contribution in [1.29, 1.82) is 0 Å². The first-order valence-electron chi connectivity index (χ1n) is 9.67. The predicted molar refractivity (Wildman–Crippen MR) is 109 cm³/mol. The number of hydrogen-bond donors (Lipinski definition) is 0. The topological polar surface area (TPSA) is 80.5 Å². The standard InChI is InChI=1S/C22H21FN2O4S/c1-15-11-20(29-24-15)14-19(26)12-16-4-5-17-3-2-10-25(22(17)13-16)30(27,28)21-8-6-18(23)7-9-21/h4-9,11,13H,2-3,10,12,14H2,1H3. The number of carbonyl (C=O) groups excluding carboxylic acids is 1. The third-order valence-corrected chi connectivity index (χ3v) is 6.90. The van der Waals surface area contributed by atoms with E-state index in [0.717, 1.165) is 29.7 Å². The maximum Gasteiger partial charge on any atom is 0.264 e. The van der Waals surface area contributed by atoms with Crippen LogP contribution in [-0.2, 0) is 34.1 Å². The first kappa shape index (κ1) is 20.3. The van der Waals surface area contributed by atoms with Gasteiger partial charge in [0.05, 0.1) is 22.7 Å². The summed E-state index contributed by atoms with van der Waals surface area (Å²) >= 11 is 0. The average Bonchev–Trinajstić information content (AvgIpc) is 3.12. The summed E-state index contributed by atoms with van der Waals surface area (Å²) in [5, 5.41) is 3.78. The van der Waals surface area contributed by atoms with E-state index in [-0.39, 0.29) is 23.5 Å². The molecule has 0 N–H and O–H groups in total. The van der Waals surface area contributed by atoms with Gasteiger partial charge >= 0.3 is 0 Å². The number of Topliss-reactive ketones (excluding diaryl/α,β-unsaturated/α-hetero) is 1. The Morgan fingerprint density at radius 2 is 1.90 bits per heavy atom. The number of hydrogen-bond acceptors (Lipinski definition) is 5. The van der Waals surface area contributed by atoms with Crippen LogP contribution >= 0.6 is 0 Å². The minimum Gasteiger partial charge on any atom is -0.361 e. The lowest BCUT2D eigenvalue weighted by Gasteiger charge is -2.31. The molecule has 30 heavy (non-hydrogen) atoms. The van der Waals surface area contributed by atoms with Crippen molar-refractivity contribution in [3.63, 3.8) is 0 Å². The van der Waals surface area contributed by atoms with E-state index in [0.29, 0.717) is 30.1 Å². The molecule has 2 heterocycles. The van der Waals surface area contributed by atoms with Crippen molar-refractivity contribution < 1.29 is 22.1 Å². The zero-order valence-electron chi connectivity index (χ0n) is 16.5. The van der Waals surface area contributed by atoms with Crippen LogP contribution in [0.4, 0.5) is 10.1 Å². The Bertz CT molecular complexity index is 1190. The molecule has 0 aliphatic carbocycles. The van der Waals surface area contributed by atoms with Crippen molar-refractivity contribution in [3.8, 4) is 0 Å². The second-order valence-corrected chi connectivity index (χ2v) is 9.29. The highest BCUT2D eigenvalue weighted by Crippen LogP contribution is 2.33. The number of ketones is 1. The zero-order chi connectivity index (χ0) is 21.3. The number of fused-ring (bicyclic) bond motifs is 1. The number of nitrogens with zero attached hydrogens (tertiary/aromatic N) is 2. The van der Waals surface area contributed by atoms with Crippen molar-refractivity contribution in [2.75, 3.05) is 10.8 Å². The van der Waals surface area contributed by atoms with E-state index in [9.17, 15) is 17.6 Å². The number of aromatic nitrogens is 1. The fourth-order valence-corrected chi connectivity index (χ4v) is 5.20. The first-order valence-corrected chi connectivity index (χ1v) is 11.1. The summed E-state index contributed by atoms with van der Waals surface area (Å²) < 4.78 is 46.0. The molecule has 3 aromatic rings. The van der Waals surface area contributed by atoms with Gasteiger partial charge in [-0.1, -0.05) is 17.3 Å². The van der Waals surface area contributed by atoms with Crippen molar-refractivity contribution in [1.82, 2.24) is 5.16 Å². The van der Waals surface area contributed by atoms with E-state index in [1.165, 1.54) is 16.4 Å². The van der Waals surface area contributed by atoms with Gasteiger partial charge in [-0.05, 0) is 61.2 Å². The quantitative estimate of drug-likeness (QED) is 0.599. The molecule has 1 aliphatic rings. The Balaban J connectivity index is 1.59. The third-order valence-electron chi connectivity index (χ3n) is 5.08. The van der Waals surface area contributed by atoms with Gasteiger partial charge in [0.2, 0.25) is 0 Å². The molecule has 2 aromatic carbocycles. The molecular weight excluding hydrogens is 407 g/mol. The van der Waals surface area contributed by atoms with Crippen LogP contribution < -0.4 is 4.31 Å². The Hall–Kier alpha value is -3.00. The van der Waals surface area contributed by atoms with E-state index >= 15 is 0 Å². The SMILES string of the molecule is Cc1cc(CC(=O)Cc2ccc3c(c2)N(S(=O)(=O)c2ccc(F)cc2)CCC3)on1. The van der Waals surface area contributed by atoms with Gasteiger partial charge in [-0.25, -0.2) is 12.8 Å². The maximum atomic E-state index is 13.2. The highest BCUT2D eigenvalue weighted by Gasteiger charge is 2.29. The molecule has 8 heteroatoms. The largest absolute Gasteiger partial charge is 0.361 e. The maximum absolute atomic E-state index is 13.2. The van der Waals surface area contributed by atoms with Gasteiger partial charge < -0.3 is 4.52 Å². The van der Waals surface area contributed by atoms with Crippen LogP contribution in [0.25, 0.3) is 0 Å². The number of rotatable bonds is 6. The smallest absolute Gasteiger partial charge is 0.264 e. The summed E-state index contributed by atoms with van der Waals surface area (Å²) in [4.78, 5) is 12.5. The number of aryl methyl sites for hydroxylation is 2. The van der Waals surface area contributed by atoms with E-state index in [1.54, 1.807) is 19.1 Å². The molecule has 6 nitrogen and oxygen atoms in total. The summed E-state index contributed by atoms with van der Waals surface area (Å²) in [5.41, 5.74) is 2.93. The normalized spacial score (nSPS) is 13.9. The summed E-state index contributed by atoms with van der Waals surface area (Å²) in [6, 6.07) is 12.0. The average molecular weight is 428 g/mol. The summed E-state index contributed by atoms with van der Waals surface area (Å²) in [5.74, 6) is -0.0263. The molecular formula is C22H21FN2O4S. The van der Waals surface area contributed by atoms with Crippen LogP contribution in [0.2, 0.25) is 0 Å². The zero-order valence-corrected chi connectivity index (χ0v) is 17.3. The Kier molecular flexibility index (Phi) is 5.42. The second kappa shape index (κ2) is 8.02. The van der Waals surface area contributed by atoms with Gasteiger partial charge in [0, 0.05) is 19.0 Å². The first-order chi connectivity index (χ1) is 14.3. The van der Waals surface area contributed by atoms with Gasteiger partial charge in [-0.3, -0.25) is 9.10 Å². The number of carbonyl (C=O) groups is 1. The molecule has 0 fully saturated rings. The van der Waals surface area contributed by atoms with Crippen LogP contribution in [0.3, 0.4) is 0 Å². The van der Waals surface area contributed by atoms with Crippen molar-refractivity contribution in [2.45, 2.75) is 37.5 Å². The molecule has 1 aromatic heterocycles. The van der Waals surface area contributed by atoms with Gasteiger partial charge in [0.1, 0.15) is 17.4 Å². The van der Waals surface area contributed by atoms with Crippen molar-refractivity contribution in [2.24, 2.45) is 0 Å². The van der Waals surface area contributed by atoms with E-state index in [1.807, 2.05) is 12.1 Å². The molecule has 0 saturated carbocycles. The third kappa shape index (κ3) is 4.14. The van der Waals surface area contributed by atoms with E-state index < -0.39 is 15.8 Å². The second-order valence-electron chi connectivity index (χ2n) is 7.42. The number of sulfonamides is 1. The molecule has 1 aliphatic heterocycles. The lowest BCUT2D eigenvalue weighted by atomic mass is 9.98. The molecule has 0 bridgehead atoms. The van der Waals surface area contributed by atoms with Crippen LogP contribution in [0.5, 0.6) is 0 Å². The van der Waals surface area contributed by atoms with Crippen LogP contribution in [-0.4, -0.2) is 25.9 Å². The van der Waals surface area contributed by atoms with E-state index in [4.69, 9.17) is 4.52 Å². The summed E-state index contributed by atoms with van der Waals surface area (Å²) in [7, 11) is -3.82. The number of halogens is 1. The van der Waals surface area contributed by atoms with Crippen LogP contribution in [0.1, 0.15) is 29.0 Å². The van der Waals surface area contributed by atoms with Gasteiger partial charge in [0.15, 0.2) is 0 Å². The van der Waals surface area contributed by atoms with Crippen molar-refractivity contribution >= 4 is 21.5 Å². The highest BCUT2D eigenvalue weighted by molar-refractivity contribution is 7.92. The van der Waals surface area contributed by atoms with Gasteiger partial charge in [-0.15, -0.1) is 0 Å². The summed E-state index contributed by atoms with van der Waals surface area (Å²) in [6.07, 6.45) is 1.75. The molecule has 4 rings (SSSR count). The predicted octanol–water partition coefficient (Wildman–Crippen LogP) is 3.62. The lowest BCUT2D eigenvalue weighted by Crippen LogP contribution is -2.35.